The van der Waals surface area contributed by atoms with Gasteiger partial charge in [-0.3, -0.25) is 9.59 Å². The highest BCUT2D eigenvalue weighted by Crippen LogP contribution is 2.35. The van der Waals surface area contributed by atoms with Crippen LogP contribution in [0.4, 0.5) is 5.69 Å². The molecule has 0 unspecified atom stereocenters. The first-order valence-electron chi connectivity index (χ1n) is 7.67. The lowest BCUT2D eigenvalue weighted by Gasteiger charge is -2.21. The van der Waals surface area contributed by atoms with Gasteiger partial charge in [0.05, 0.1) is 33.5 Å². The monoisotopic (exact) mass is 359 g/mol. The number of rotatable bonds is 5. The van der Waals surface area contributed by atoms with Crippen molar-refractivity contribution in [2.24, 2.45) is 11.1 Å². The van der Waals surface area contributed by atoms with Crippen LogP contribution in [0.3, 0.4) is 0 Å². The molecule has 6 nitrogen and oxygen atoms in total. The van der Waals surface area contributed by atoms with Crippen LogP contribution in [0, 0.1) is 5.41 Å². The summed E-state index contributed by atoms with van der Waals surface area (Å²) in [5.41, 5.74) is 12.2. The highest BCUT2D eigenvalue weighted by molar-refractivity contribution is 6.35. The van der Waals surface area contributed by atoms with Gasteiger partial charge < -0.3 is 20.5 Å². The Bertz CT molecular complexity index is 971. The number of hydrogen-bond acceptors (Lipinski definition) is 4. The lowest BCUT2D eigenvalue weighted by Crippen LogP contribution is -2.35. The highest BCUT2D eigenvalue weighted by Gasteiger charge is 2.28. The molecule has 2 aromatic heterocycles. The van der Waals surface area contributed by atoms with Crippen molar-refractivity contribution in [2.45, 2.75) is 20.4 Å². The van der Waals surface area contributed by atoms with Crippen molar-refractivity contribution >= 4 is 39.9 Å². The Kier molecular flexibility index (Phi) is 4.08. The summed E-state index contributed by atoms with van der Waals surface area (Å²) >= 11 is 6.14. The van der Waals surface area contributed by atoms with Gasteiger partial charge in [-0.1, -0.05) is 11.6 Å². The van der Waals surface area contributed by atoms with E-state index in [4.69, 9.17) is 27.5 Å². The van der Waals surface area contributed by atoms with Gasteiger partial charge in [-0.2, -0.15) is 0 Å². The van der Waals surface area contributed by atoms with E-state index >= 15 is 0 Å². The molecule has 0 saturated heterocycles. The fourth-order valence-corrected chi connectivity index (χ4v) is 2.90. The minimum Gasteiger partial charge on any atom is -0.461 e. The largest absolute Gasteiger partial charge is 0.461 e. The average molecular weight is 360 g/mol. The second-order valence-corrected chi connectivity index (χ2v) is 6.99. The van der Waals surface area contributed by atoms with Gasteiger partial charge in [0.1, 0.15) is 0 Å². The molecule has 0 radical (unpaired) electrons. The van der Waals surface area contributed by atoms with Crippen LogP contribution in [-0.2, 0) is 11.3 Å². The molecule has 0 aliphatic rings. The summed E-state index contributed by atoms with van der Waals surface area (Å²) in [5, 5.41) is 0.891. The molecule has 0 bridgehead atoms. The van der Waals surface area contributed by atoms with E-state index in [1.165, 1.54) is 6.26 Å². The predicted octanol–water partition coefficient (Wildman–Crippen LogP) is 3.21. The number of nitrogens with two attached hydrogens (primary N) is 2. The third kappa shape index (κ3) is 2.89. The van der Waals surface area contributed by atoms with Gasteiger partial charge in [-0.15, -0.1) is 0 Å². The van der Waals surface area contributed by atoms with Gasteiger partial charge in [0.2, 0.25) is 11.7 Å². The Balaban J connectivity index is 2.22. The number of fused-ring (bicyclic) bond motifs is 1. The number of benzene rings is 1. The number of halogens is 1. The van der Waals surface area contributed by atoms with Gasteiger partial charge in [-0.25, -0.2) is 0 Å². The fraction of sp³-hybridized carbons (Fsp3) is 0.222. The van der Waals surface area contributed by atoms with E-state index in [9.17, 15) is 9.59 Å². The molecule has 0 aliphatic heterocycles. The van der Waals surface area contributed by atoms with E-state index in [-0.39, 0.29) is 11.5 Å². The van der Waals surface area contributed by atoms with Crippen LogP contribution in [-0.4, -0.2) is 16.3 Å². The summed E-state index contributed by atoms with van der Waals surface area (Å²) in [4.78, 5) is 24.5. The molecule has 130 valence electrons. The topological polar surface area (TPSA) is 104 Å². The van der Waals surface area contributed by atoms with Crippen molar-refractivity contribution in [3.8, 4) is 0 Å². The zero-order valence-corrected chi connectivity index (χ0v) is 14.6. The summed E-state index contributed by atoms with van der Waals surface area (Å²) in [7, 11) is 0. The van der Waals surface area contributed by atoms with E-state index in [0.29, 0.717) is 33.7 Å². The number of ketones is 1. The number of furan rings is 1. The first-order valence-corrected chi connectivity index (χ1v) is 8.05. The number of anilines is 1. The number of nitrogens with zero attached hydrogens (tertiary/aromatic N) is 1. The second kappa shape index (κ2) is 5.97. The number of hydrogen-bond donors (Lipinski definition) is 2. The van der Waals surface area contributed by atoms with Gasteiger partial charge in [-0.05, 0) is 38.1 Å². The molecule has 0 spiro atoms. The minimum absolute atomic E-state index is 0.201. The van der Waals surface area contributed by atoms with Gasteiger partial charge in [0.15, 0.2) is 5.76 Å². The van der Waals surface area contributed by atoms with Crippen LogP contribution < -0.4 is 11.5 Å². The van der Waals surface area contributed by atoms with Crippen molar-refractivity contribution in [3.63, 3.8) is 0 Å². The van der Waals surface area contributed by atoms with E-state index in [0.717, 1.165) is 0 Å². The van der Waals surface area contributed by atoms with Crippen LogP contribution in [0.1, 0.15) is 30.0 Å². The summed E-state index contributed by atoms with van der Waals surface area (Å²) in [6, 6.07) is 6.65. The average Bonchev–Trinajstić information content (AvgIpc) is 3.18. The van der Waals surface area contributed by atoms with Gasteiger partial charge in [0.25, 0.3) is 0 Å². The van der Waals surface area contributed by atoms with Gasteiger partial charge in [0, 0.05) is 18.1 Å². The highest BCUT2D eigenvalue weighted by atomic mass is 35.5. The summed E-state index contributed by atoms with van der Waals surface area (Å²) in [5.74, 6) is -0.539. The van der Waals surface area contributed by atoms with E-state index in [2.05, 4.69) is 0 Å². The van der Waals surface area contributed by atoms with E-state index < -0.39 is 11.3 Å². The molecule has 0 atom stereocenters. The molecule has 2 heterocycles. The number of amides is 1. The minimum atomic E-state index is -0.800. The Morgan fingerprint density at radius 1 is 1.28 bits per heavy atom. The first-order chi connectivity index (χ1) is 11.7. The van der Waals surface area contributed by atoms with Crippen LogP contribution in [0.25, 0.3) is 10.9 Å². The number of aromatic nitrogens is 1. The van der Waals surface area contributed by atoms with Crippen LogP contribution in [0.5, 0.6) is 0 Å². The van der Waals surface area contributed by atoms with Crippen LogP contribution in [0.2, 0.25) is 5.02 Å². The smallest absolute Gasteiger partial charge is 0.230 e. The van der Waals surface area contributed by atoms with E-state index in [1.54, 1.807) is 48.9 Å². The normalized spacial score (nSPS) is 11.8. The Morgan fingerprint density at radius 2 is 2.00 bits per heavy atom. The van der Waals surface area contributed by atoms with Crippen LogP contribution in [0.15, 0.2) is 41.1 Å². The zero-order valence-electron chi connectivity index (χ0n) is 13.9. The Hall–Kier alpha value is -2.73. The third-order valence-corrected chi connectivity index (χ3v) is 4.59. The molecular weight excluding hydrogens is 342 g/mol. The maximum atomic E-state index is 12.8. The molecule has 7 heteroatoms. The Labute approximate surface area is 149 Å². The maximum Gasteiger partial charge on any atom is 0.230 e. The standard InChI is InChI=1S/C18H18ClN3O3/c1-18(2,17(21)24)9-22-8-10(16(23)13-4-3-7-25-13)14-12(22)6-5-11(19)15(14)20/h3-8H,9,20H2,1-2H3,(H2,21,24). The maximum absolute atomic E-state index is 12.8. The molecule has 0 aliphatic carbocycles. The molecule has 1 amide bonds. The van der Waals surface area contributed by atoms with Crippen molar-refractivity contribution in [2.75, 3.05) is 5.73 Å². The van der Waals surface area contributed by atoms with Crippen molar-refractivity contribution in [3.05, 3.63) is 53.1 Å². The molecule has 4 N–H and O–H groups in total. The molecule has 1 aromatic carbocycles. The van der Waals surface area contributed by atoms with Gasteiger partial charge >= 0.3 is 0 Å². The second-order valence-electron chi connectivity index (χ2n) is 6.58. The molecule has 0 saturated carbocycles. The van der Waals surface area contributed by atoms with Crippen molar-refractivity contribution in [1.29, 1.82) is 0 Å². The van der Waals surface area contributed by atoms with E-state index in [1.807, 2.05) is 0 Å². The van der Waals surface area contributed by atoms with Crippen molar-refractivity contribution < 1.29 is 14.0 Å². The summed E-state index contributed by atoms with van der Waals surface area (Å²) in [6.45, 7) is 3.79. The lowest BCUT2D eigenvalue weighted by molar-refractivity contribution is -0.126. The quantitative estimate of drug-likeness (QED) is 0.539. The number of nitrogen functional groups attached to an aromatic ring is 1. The molecular formula is C18H18ClN3O3. The molecule has 3 aromatic rings. The summed E-state index contributed by atoms with van der Waals surface area (Å²) < 4.78 is 7.01. The van der Waals surface area contributed by atoms with Crippen LogP contribution >= 0.6 is 11.6 Å². The molecule has 0 fully saturated rings. The predicted molar refractivity (Wildman–Crippen MR) is 96.5 cm³/mol. The molecule has 3 rings (SSSR count). The lowest BCUT2D eigenvalue weighted by atomic mass is 9.92. The third-order valence-electron chi connectivity index (χ3n) is 4.26. The van der Waals surface area contributed by atoms with Crippen molar-refractivity contribution in [1.82, 2.24) is 4.57 Å². The number of carbonyl (C=O) groups excluding carboxylic acids is 2. The first kappa shape index (κ1) is 17.1. The summed E-state index contributed by atoms with van der Waals surface area (Å²) in [6.07, 6.45) is 3.09. The Morgan fingerprint density at radius 3 is 2.60 bits per heavy atom. The number of carbonyl (C=O) groups is 2. The fourth-order valence-electron chi connectivity index (χ4n) is 2.74. The molecule has 25 heavy (non-hydrogen) atoms. The number of primary amides is 1. The zero-order chi connectivity index (χ0) is 18.4. The SMILES string of the molecule is CC(C)(Cn1cc(C(=O)c2ccco2)c2c(N)c(Cl)ccc21)C(N)=O.